The van der Waals surface area contributed by atoms with Crippen LogP contribution in [-0.2, 0) is 54.3 Å². The Bertz CT molecular complexity index is 3120. The number of hydrogen-bond acceptors (Lipinski definition) is 19. The van der Waals surface area contributed by atoms with Crippen molar-refractivity contribution in [2.45, 2.75) is 289 Å². The number of H-pyrrole nitrogens is 2. The van der Waals surface area contributed by atoms with E-state index in [1.54, 1.807) is 62.2 Å². The van der Waals surface area contributed by atoms with Crippen LogP contribution in [0, 0.1) is 5.41 Å². The van der Waals surface area contributed by atoms with E-state index < -0.39 is 0 Å². The molecule has 0 aromatic carbocycles. The molecule has 0 bridgehead atoms. The molecule has 22 nitrogen and oxygen atoms in total. The van der Waals surface area contributed by atoms with Gasteiger partial charge in [-0.25, -0.2) is 24.9 Å². The Morgan fingerprint density at radius 2 is 1.04 bits per heavy atom. The first kappa shape index (κ1) is 91.1. The number of rotatable bonds is 0. The molecular weight excluding hydrogens is 1280 g/mol. The average Bonchev–Trinajstić information content (AvgIpc) is 1.71. The molecule has 0 amide bonds. The number of pyridine rings is 1. The monoisotopic (exact) mass is 1410 g/mol. The van der Waals surface area contributed by atoms with Gasteiger partial charge in [0.2, 0.25) is 18.7 Å². The maximum Gasteiger partial charge on any atom is 0.221 e. The van der Waals surface area contributed by atoms with Gasteiger partial charge in [-0.2, -0.15) is 15.2 Å². The summed E-state index contributed by atoms with van der Waals surface area (Å²) < 4.78 is 21.9. The minimum absolute atomic E-state index is 0.00694. The molecule has 10 aromatic heterocycles. The minimum Gasteiger partial charge on any atom is -0.469 e. The van der Waals surface area contributed by atoms with Gasteiger partial charge in [-0.3, -0.25) is 30.1 Å². The van der Waals surface area contributed by atoms with Gasteiger partial charge in [-0.15, -0.1) is 10.2 Å². The second-order valence-electron chi connectivity index (χ2n) is 35.4. The predicted molar refractivity (Wildman–Crippen MR) is 413 cm³/mol. The van der Waals surface area contributed by atoms with Gasteiger partial charge in [-0.1, -0.05) is 225 Å². The van der Waals surface area contributed by atoms with E-state index in [0.29, 0.717) is 5.89 Å². The average molecular weight is 1410 g/mol. The van der Waals surface area contributed by atoms with Crippen molar-refractivity contribution in [2.75, 3.05) is 0 Å². The van der Waals surface area contributed by atoms with Gasteiger partial charge < -0.3 is 22.3 Å². The number of hydrogen-bond donors (Lipinski definition) is 2. The van der Waals surface area contributed by atoms with Crippen LogP contribution in [0.4, 0.5) is 0 Å². The van der Waals surface area contributed by atoms with Crippen molar-refractivity contribution < 1.29 is 17.8 Å². The van der Waals surface area contributed by atoms with Crippen LogP contribution >= 0.6 is 0 Å². The zero-order valence-corrected chi connectivity index (χ0v) is 68.4. The molecule has 562 valence electrons. The number of aromatic nitrogens is 17. The third kappa shape index (κ3) is 39.3. The SMILES string of the molecule is CC(C)(C)C1=CCC=N1.CC(C)(C)c1cccnc1.CC(C)(C)c1ccco1.CC(C)(C)c1ccn[nH]1.CC(C)(C)c1cnccn1.CC(C)(C)c1cncnc1.CC(C)(C)c1ncco1.CC(C)(C)c1ncn[nH]1.CC(C)(C)c1ncon1.CC(C)(C)c1nnco1.CC(C)(C)n1ccnc1. The highest BCUT2D eigenvalue weighted by Gasteiger charge is 2.22. The Kier molecular flexibility index (Phi) is 36.3. The van der Waals surface area contributed by atoms with Crippen LogP contribution in [0.1, 0.15) is 287 Å². The molecule has 0 saturated carbocycles. The van der Waals surface area contributed by atoms with Crippen molar-refractivity contribution in [3.05, 3.63) is 206 Å². The zero-order valence-electron chi connectivity index (χ0n) is 68.4. The van der Waals surface area contributed by atoms with Gasteiger partial charge in [0.1, 0.15) is 30.5 Å². The number of oxazole rings is 1. The molecule has 0 aliphatic carbocycles. The highest BCUT2D eigenvalue weighted by atomic mass is 16.5. The number of aliphatic imine (C=N–C) groups is 1. The number of imidazole rings is 1. The van der Waals surface area contributed by atoms with Crippen molar-refractivity contribution in [2.24, 2.45) is 10.4 Å². The molecule has 11 heterocycles. The Balaban J connectivity index is 0.000000561. The summed E-state index contributed by atoms with van der Waals surface area (Å²) in [5.41, 5.74) is 7.33. The molecule has 0 saturated heterocycles. The Morgan fingerprint density at radius 1 is 0.422 bits per heavy atom. The maximum atomic E-state index is 5.20. The molecular formula is C80H128N18O4. The highest BCUT2D eigenvalue weighted by Crippen LogP contribution is 2.29. The summed E-state index contributed by atoms with van der Waals surface area (Å²) >= 11 is 0. The lowest BCUT2D eigenvalue weighted by molar-refractivity contribution is 0.392. The van der Waals surface area contributed by atoms with E-state index >= 15 is 0 Å². The zero-order chi connectivity index (χ0) is 78.1. The van der Waals surface area contributed by atoms with E-state index in [2.05, 4.69) is 294 Å². The fourth-order valence-corrected chi connectivity index (χ4v) is 7.24. The highest BCUT2D eigenvalue weighted by molar-refractivity contribution is 5.65. The molecule has 2 N–H and O–H groups in total. The topological polar surface area (TPSA) is 282 Å². The lowest BCUT2D eigenvalue weighted by Crippen LogP contribution is -2.19. The number of nitrogens with one attached hydrogen (secondary N) is 2. The molecule has 1 aliphatic heterocycles. The summed E-state index contributed by atoms with van der Waals surface area (Å²) in [6.07, 6.45) is 35.9. The van der Waals surface area contributed by atoms with Crippen molar-refractivity contribution in [1.82, 2.24) is 85.2 Å². The molecule has 0 unspecified atom stereocenters. The van der Waals surface area contributed by atoms with Crippen LogP contribution in [0.15, 0.2) is 177 Å². The third-order valence-corrected chi connectivity index (χ3v) is 13.8. The van der Waals surface area contributed by atoms with Crippen LogP contribution in [0.2, 0.25) is 0 Å². The van der Waals surface area contributed by atoms with Crippen LogP contribution in [0.5, 0.6) is 0 Å². The van der Waals surface area contributed by atoms with E-state index in [4.69, 9.17) is 13.3 Å². The molecule has 22 heteroatoms. The van der Waals surface area contributed by atoms with Crippen molar-refractivity contribution in [3.63, 3.8) is 0 Å². The van der Waals surface area contributed by atoms with E-state index in [1.165, 1.54) is 41.6 Å². The van der Waals surface area contributed by atoms with Crippen molar-refractivity contribution in [1.29, 1.82) is 0 Å². The fourth-order valence-electron chi connectivity index (χ4n) is 7.24. The number of aromatic amines is 2. The van der Waals surface area contributed by atoms with E-state index in [-0.39, 0.29) is 59.7 Å². The van der Waals surface area contributed by atoms with Gasteiger partial charge >= 0.3 is 0 Å². The summed E-state index contributed by atoms with van der Waals surface area (Å²) in [4.78, 5) is 40.3. The van der Waals surface area contributed by atoms with Gasteiger partial charge in [0.15, 0.2) is 11.7 Å². The van der Waals surface area contributed by atoms with Gasteiger partial charge in [0, 0.05) is 135 Å². The van der Waals surface area contributed by atoms with E-state index in [9.17, 15) is 0 Å². The lowest BCUT2D eigenvalue weighted by Gasteiger charge is -2.19. The molecule has 1 aliphatic rings. The van der Waals surface area contributed by atoms with Crippen molar-refractivity contribution >= 4 is 6.21 Å². The smallest absolute Gasteiger partial charge is 0.221 e. The molecule has 0 fully saturated rings. The first-order valence-corrected chi connectivity index (χ1v) is 34.6. The molecule has 102 heavy (non-hydrogen) atoms. The van der Waals surface area contributed by atoms with Gasteiger partial charge in [0.25, 0.3) is 0 Å². The normalized spacial score (nSPS) is 12.3. The van der Waals surface area contributed by atoms with Gasteiger partial charge in [0.05, 0.1) is 24.5 Å². The van der Waals surface area contributed by atoms with Crippen LogP contribution in [0.3, 0.4) is 0 Å². The van der Waals surface area contributed by atoms with E-state index in [0.717, 1.165) is 35.4 Å². The fraction of sp³-hybridized carbons (Fsp3) is 0.562. The summed E-state index contributed by atoms with van der Waals surface area (Å²) in [6.45, 7) is 69.9. The Hall–Kier alpha value is -8.95. The Morgan fingerprint density at radius 3 is 1.28 bits per heavy atom. The second-order valence-corrected chi connectivity index (χ2v) is 35.4. The molecule has 0 spiro atoms. The Labute approximate surface area is 612 Å². The minimum atomic E-state index is -0.0174. The first-order chi connectivity index (χ1) is 46.7. The van der Waals surface area contributed by atoms with Crippen LogP contribution in [0.25, 0.3) is 0 Å². The number of nitrogens with zero attached hydrogens (tertiary/aromatic N) is 16. The summed E-state index contributed by atoms with van der Waals surface area (Å²) in [5, 5.41) is 24.4. The molecule has 11 rings (SSSR count). The first-order valence-electron chi connectivity index (χ1n) is 34.6. The molecule has 0 atom stereocenters. The maximum absolute atomic E-state index is 5.20. The lowest BCUT2D eigenvalue weighted by atomic mass is 9.88. The predicted octanol–water partition coefficient (Wildman–Crippen LogP) is 20.0. The third-order valence-electron chi connectivity index (χ3n) is 13.8. The largest absolute Gasteiger partial charge is 0.469 e. The molecule has 10 aromatic rings. The number of furan rings is 1. The standard InChI is InChI=1S/C9H13N.2C8H12N2.C8H13N.C8H12O.2C7H12N2.C7H11NO.C6H11N3.2C6H10N2O/c1-9(2,3)8-5-4-6-10-7-8;1-8(2,3)7-4-9-6-10-5-7;1-8(2,3)7-6-9-4-5-10-7;2*1-8(2,3)7-5-4-6-9-7;1-7(2,3)9-5-4-8-6-9;1-7(2,3)6-4-5-8-9-6;1-7(2,3)6-8-4-5-9-6;1-6(2,3)5-7-4-8-9-5;1-6(2,3)5-8-7-4-9-5;1-6(2,3)5-7-4-9-8-5/h4-7H,1-3H3;2*4-6H,1-3H3;5-6H,4H2,1-3H3;2*4-6H,1-3H3;4-5H,1-3H3,(H,8,9);4-5H,1-3H3;4H,1-3H3,(H,7,8,9);2*4H,1-3H3. The van der Waals surface area contributed by atoms with Crippen LogP contribution in [-0.4, -0.2) is 91.4 Å². The summed E-state index contributed by atoms with van der Waals surface area (Å²) in [6, 6.07) is 9.99. The summed E-state index contributed by atoms with van der Waals surface area (Å²) in [7, 11) is 0. The van der Waals surface area contributed by atoms with Gasteiger partial charge in [-0.05, 0) is 67.0 Å². The second kappa shape index (κ2) is 40.6. The quantitative estimate of drug-likeness (QED) is 0.143. The molecule has 0 radical (unpaired) electrons. The van der Waals surface area contributed by atoms with Crippen LogP contribution < -0.4 is 0 Å². The van der Waals surface area contributed by atoms with Crippen molar-refractivity contribution in [3.8, 4) is 0 Å². The summed E-state index contributed by atoms with van der Waals surface area (Å²) in [5.74, 6) is 4.21. The van der Waals surface area contributed by atoms with E-state index in [1.807, 2.05) is 103 Å². The number of allylic oxidation sites excluding steroid dienone is 2.